The minimum Gasteiger partial charge on any atom is -0.295 e. The monoisotopic (exact) mass is 154 g/mol. The van der Waals surface area contributed by atoms with E-state index in [4.69, 9.17) is 0 Å². The Morgan fingerprint density at radius 1 is 1.36 bits per heavy atom. The molecule has 0 radical (unpaired) electrons. The van der Waals surface area contributed by atoms with Gasteiger partial charge in [0.15, 0.2) is 5.78 Å². The standard InChI is InChI=1S/C10H18O/c1-8(2)6-5-7-9(3)10(4)11/h7-8H,5-6H2,1-4H3/b9-7+. The molecule has 0 atom stereocenters. The molecule has 0 unspecified atom stereocenters. The van der Waals surface area contributed by atoms with E-state index in [1.54, 1.807) is 6.92 Å². The summed E-state index contributed by atoms with van der Waals surface area (Å²) in [6, 6.07) is 0. The van der Waals surface area contributed by atoms with Crippen LogP contribution in [-0.2, 0) is 4.79 Å². The first-order valence-corrected chi connectivity index (χ1v) is 4.21. The zero-order chi connectivity index (χ0) is 8.85. The first kappa shape index (κ1) is 10.4. The van der Waals surface area contributed by atoms with Gasteiger partial charge in [0.1, 0.15) is 0 Å². The molecule has 0 aliphatic heterocycles. The first-order chi connectivity index (χ1) is 5.04. The van der Waals surface area contributed by atoms with Crippen LogP contribution in [0, 0.1) is 5.92 Å². The lowest BCUT2D eigenvalue weighted by atomic mass is 10.1. The van der Waals surface area contributed by atoms with Crippen LogP contribution in [0.5, 0.6) is 0 Å². The molecule has 0 aromatic rings. The molecule has 0 spiro atoms. The van der Waals surface area contributed by atoms with Crippen molar-refractivity contribution in [1.82, 2.24) is 0 Å². The van der Waals surface area contributed by atoms with E-state index in [2.05, 4.69) is 13.8 Å². The molecular weight excluding hydrogens is 136 g/mol. The van der Waals surface area contributed by atoms with Crippen molar-refractivity contribution in [2.24, 2.45) is 5.92 Å². The van der Waals surface area contributed by atoms with Crippen molar-refractivity contribution in [2.75, 3.05) is 0 Å². The van der Waals surface area contributed by atoms with Crippen LogP contribution in [0.25, 0.3) is 0 Å². The lowest BCUT2D eigenvalue weighted by Crippen LogP contribution is -1.92. The normalized spacial score (nSPS) is 12.3. The molecule has 0 amide bonds. The fraction of sp³-hybridized carbons (Fsp3) is 0.700. The van der Waals surface area contributed by atoms with Crippen LogP contribution in [-0.4, -0.2) is 5.78 Å². The zero-order valence-corrected chi connectivity index (χ0v) is 7.98. The van der Waals surface area contributed by atoms with E-state index in [1.165, 1.54) is 6.42 Å². The first-order valence-electron chi connectivity index (χ1n) is 4.21. The molecule has 64 valence electrons. The maximum Gasteiger partial charge on any atom is 0.155 e. The second-order valence-electron chi connectivity index (χ2n) is 3.41. The molecule has 0 heterocycles. The van der Waals surface area contributed by atoms with Gasteiger partial charge in [-0.05, 0) is 38.2 Å². The van der Waals surface area contributed by atoms with Gasteiger partial charge in [0.2, 0.25) is 0 Å². The zero-order valence-electron chi connectivity index (χ0n) is 7.98. The number of ketones is 1. The van der Waals surface area contributed by atoms with Gasteiger partial charge >= 0.3 is 0 Å². The molecule has 0 aliphatic rings. The molecule has 0 fully saturated rings. The van der Waals surface area contributed by atoms with E-state index in [0.29, 0.717) is 0 Å². The highest BCUT2D eigenvalue weighted by molar-refractivity contribution is 5.92. The summed E-state index contributed by atoms with van der Waals surface area (Å²) in [6.07, 6.45) is 4.23. The Hall–Kier alpha value is -0.590. The highest BCUT2D eigenvalue weighted by atomic mass is 16.1. The average Bonchev–Trinajstić information content (AvgIpc) is 1.86. The van der Waals surface area contributed by atoms with Crippen LogP contribution in [0.4, 0.5) is 0 Å². The van der Waals surface area contributed by atoms with Crippen molar-refractivity contribution in [2.45, 2.75) is 40.5 Å². The van der Waals surface area contributed by atoms with Gasteiger partial charge in [-0.2, -0.15) is 0 Å². The summed E-state index contributed by atoms with van der Waals surface area (Å²) in [5, 5.41) is 0. The Bertz CT molecular complexity index is 154. The summed E-state index contributed by atoms with van der Waals surface area (Å²) < 4.78 is 0. The molecule has 0 bridgehead atoms. The van der Waals surface area contributed by atoms with Gasteiger partial charge < -0.3 is 0 Å². The predicted molar refractivity (Wildman–Crippen MR) is 48.5 cm³/mol. The molecular formula is C10H18O. The third-order valence-electron chi connectivity index (χ3n) is 1.75. The van der Waals surface area contributed by atoms with Gasteiger partial charge in [0, 0.05) is 0 Å². The predicted octanol–water partition coefficient (Wildman–Crippen LogP) is 2.96. The van der Waals surface area contributed by atoms with Gasteiger partial charge in [-0.15, -0.1) is 0 Å². The van der Waals surface area contributed by atoms with Gasteiger partial charge in [0.25, 0.3) is 0 Å². The smallest absolute Gasteiger partial charge is 0.155 e. The third kappa shape index (κ3) is 5.84. The second-order valence-corrected chi connectivity index (χ2v) is 3.41. The fourth-order valence-electron chi connectivity index (χ4n) is 0.777. The van der Waals surface area contributed by atoms with Crippen molar-refractivity contribution in [3.05, 3.63) is 11.6 Å². The molecule has 0 saturated heterocycles. The van der Waals surface area contributed by atoms with E-state index in [-0.39, 0.29) is 5.78 Å². The summed E-state index contributed by atoms with van der Waals surface area (Å²) in [5.74, 6) is 0.916. The van der Waals surface area contributed by atoms with E-state index in [1.807, 2.05) is 13.0 Å². The minimum absolute atomic E-state index is 0.189. The highest BCUT2D eigenvalue weighted by Crippen LogP contribution is 2.06. The molecule has 11 heavy (non-hydrogen) atoms. The number of hydrogen-bond acceptors (Lipinski definition) is 1. The van der Waals surface area contributed by atoms with Crippen molar-refractivity contribution in [3.8, 4) is 0 Å². The van der Waals surface area contributed by atoms with Crippen molar-refractivity contribution >= 4 is 5.78 Å². The lowest BCUT2D eigenvalue weighted by molar-refractivity contribution is -0.113. The topological polar surface area (TPSA) is 17.1 Å². The molecule has 1 heteroatoms. The second kappa shape index (κ2) is 5.11. The van der Waals surface area contributed by atoms with Gasteiger partial charge in [0.05, 0.1) is 0 Å². The lowest BCUT2D eigenvalue weighted by Gasteiger charge is -2.00. The average molecular weight is 154 g/mol. The van der Waals surface area contributed by atoms with Crippen LogP contribution in [0.1, 0.15) is 40.5 Å². The Morgan fingerprint density at radius 3 is 2.27 bits per heavy atom. The minimum atomic E-state index is 0.189. The molecule has 0 aromatic carbocycles. The Labute approximate surface area is 69.5 Å². The number of hydrogen-bond donors (Lipinski definition) is 0. The van der Waals surface area contributed by atoms with Crippen LogP contribution in [0.15, 0.2) is 11.6 Å². The highest BCUT2D eigenvalue weighted by Gasteiger charge is 1.95. The quantitative estimate of drug-likeness (QED) is 0.569. The summed E-state index contributed by atoms with van der Waals surface area (Å²) in [5.41, 5.74) is 0.894. The van der Waals surface area contributed by atoms with E-state index in [0.717, 1.165) is 17.9 Å². The van der Waals surface area contributed by atoms with E-state index in [9.17, 15) is 4.79 Å². The summed E-state index contributed by atoms with van der Waals surface area (Å²) in [6.45, 7) is 7.87. The molecule has 1 nitrogen and oxygen atoms in total. The molecule has 0 rings (SSSR count). The van der Waals surface area contributed by atoms with Gasteiger partial charge in [-0.25, -0.2) is 0 Å². The number of Topliss-reactive ketones (excluding diaryl/α,β-unsaturated/α-hetero) is 1. The van der Waals surface area contributed by atoms with Gasteiger partial charge in [-0.1, -0.05) is 19.9 Å². The number of carbonyl (C=O) groups excluding carboxylic acids is 1. The Kier molecular flexibility index (Phi) is 4.84. The molecule has 0 N–H and O–H groups in total. The molecule has 0 aliphatic carbocycles. The van der Waals surface area contributed by atoms with E-state index >= 15 is 0 Å². The summed E-state index contributed by atoms with van der Waals surface area (Å²) in [7, 11) is 0. The molecule has 0 aromatic heterocycles. The van der Waals surface area contributed by atoms with Crippen molar-refractivity contribution < 1.29 is 4.79 Å². The number of allylic oxidation sites excluding steroid dienone is 2. The van der Waals surface area contributed by atoms with Crippen molar-refractivity contribution in [3.63, 3.8) is 0 Å². The number of carbonyl (C=O) groups is 1. The SMILES string of the molecule is CC(=O)/C(C)=C/CCC(C)C. The summed E-state index contributed by atoms with van der Waals surface area (Å²) >= 11 is 0. The van der Waals surface area contributed by atoms with Crippen LogP contribution >= 0.6 is 0 Å². The largest absolute Gasteiger partial charge is 0.295 e. The molecule has 0 saturated carbocycles. The maximum absolute atomic E-state index is 10.8. The Balaban J connectivity index is 3.65. The van der Waals surface area contributed by atoms with E-state index < -0.39 is 0 Å². The fourth-order valence-corrected chi connectivity index (χ4v) is 0.777. The summed E-state index contributed by atoms with van der Waals surface area (Å²) in [4.78, 5) is 10.8. The van der Waals surface area contributed by atoms with Crippen LogP contribution in [0.2, 0.25) is 0 Å². The van der Waals surface area contributed by atoms with Crippen LogP contribution < -0.4 is 0 Å². The van der Waals surface area contributed by atoms with Gasteiger partial charge in [-0.3, -0.25) is 4.79 Å². The third-order valence-corrected chi connectivity index (χ3v) is 1.75. The van der Waals surface area contributed by atoms with Crippen molar-refractivity contribution in [1.29, 1.82) is 0 Å². The maximum atomic E-state index is 10.8. The Morgan fingerprint density at radius 2 is 1.91 bits per heavy atom. The number of rotatable bonds is 4. The van der Waals surface area contributed by atoms with Crippen LogP contribution in [0.3, 0.4) is 0 Å².